The van der Waals surface area contributed by atoms with Crippen molar-refractivity contribution in [2.45, 2.75) is 17.5 Å². The molecule has 12 nitrogen and oxygen atoms in total. The molecule has 3 heterocycles. The monoisotopic (exact) mass is 457 g/mol. The van der Waals surface area contributed by atoms with Gasteiger partial charge in [-0.15, -0.1) is 23.1 Å². The van der Waals surface area contributed by atoms with Gasteiger partial charge < -0.3 is 30.8 Å². The number of aliphatic hydroxyl groups excluding tert-OH is 2. The lowest BCUT2D eigenvalue weighted by Gasteiger charge is -2.48. The molecule has 5 N–H and O–H groups in total. The summed E-state index contributed by atoms with van der Waals surface area (Å²) >= 11 is 2.48. The number of β-lactam (4-membered cyclic amide) rings is 1. The maximum Gasteiger partial charge on any atom is 0.354 e. The van der Waals surface area contributed by atoms with Crippen molar-refractivity contribution >= 4 is 51.7 Å². The molecule has 3 rings (SSSR count). The molecule has 1 aromatic rings. The van der Waals surface area contributed by atoms with Crippen LogP contribution in [0.4, 0.5) is 5.13 Å². The Morgan fingerprint density at radius 1 is 1.53 bits per heavy atom. The number of aromatic nitrogens is 1. The number of oxime groups is 1. The molecule has 0 spiro atoms. The second-order valence-electron chi connectivity index (χ2n) is 6.10. The third-order valence-corrected chi connectivity index (χ3v) is 5.98. The molecule has 1 fully saturated rings. The fourth-order valence-corrected chi connectivity index (χ4v) is 4.47. The van der Waals surface area contributed by atoms with Gasteiger partial charge in [-0.25, -0.2) is 9.78 Å². The molecule has 2 unspecified atom stereocenters. The third kappa shape index (κ3) is 4.40. The number of anilines is 1. The van der Waals surface area contributed by atoms with E-state index in [9.17, 15) is 19.5 Å². The quantitative estimate of drug-likeness (QED) is 0.152. The molecule has 162 valence electrons. The number of nitrogens with two attached hydrogens (primary N) is 1. The molecule has 1 saturated heterocycles. The van der Waals surface area contributed by atoms with E-state index in [1.165, 1.54) is 35.2 Å². The molecule has 14 heteroatoms. The van der Waals surface area contributed by atoms with Crippen molar-refractivity contribution in [2.75, 3.05) is 31.8 Å². The number of hydrogen-bond acceptors (Lipinski definition) is 12. The number of esters is 1. The first-order chi connectivity index (χ1) is 14.4. The van der Waals surface area contributed by atoms with Gasteiger partial charge in [-0.2, -0.15) is 0 Å². The molecule has 3 atom stereocenters. The van der Waals surface area contributed by atoms with Crippen LogP contribution in [-0.4, -0.2) is 87.2 Å². The number of aliphatic hydroxyl groups is 2. The van der Waals surface area contributed by atoms with Crippen LogP contribution in [0.15, 0.2) is 22.3 Å². The first kappa shape index (κ1) is 22.0. The van der Waals surface area contributed by atoms with Gasteiger partial charge in [0.2, 0.25) is 0 Å². The summed E-state index contributed by atoms with van der Waals surface area (Å²) in [5.74, 6) is -1.56. The van der Waals surface area contributed by atoms with Gasteiger partial charge in [0.15, 0.2) is 10.8 Å². The summed E-state index contributed by atoms with van der Waals surface area (Å²) in [7, 11) is 1.27. The summed E-state index contributed by atoms with van der Waals surface area (Å²) in [6.45, 7) is -0.960. The molecule has 2 amide bonds. The van der Waals surface area contributed by atoms with E-state index in [1.54, 1.807) is 0 Å². The number of nitrogens with zero attached hydrogens (tertiary/aromatic N) is 3. The fourth-order valence-electron chi connectivity index (χ4n) is 2.73. The average molecular weight is 457 g/mol. The molecule has 1 aromatic heterocycles. The summed E-state index contributed by atoms with van der Waals surface area (Å²) in [5.41, 5.74) is 5.70. The van der Waals surface area contributed by atoms with Crippen LogP contribution >= 0.6 is 23.1 Å². The van der Waals surface area contributed by atoms with Crippen molar-refractivity contribution in [3.8, 4) is 0 Å². The summed E-state index contributed by atoms with van der Waals surface area (Å²) in [6.07, 6.45) is 0.321. The fraction of sp³-hybridized carbons (Fsp3) is 0.438. The van der Waals surface area contributed by atoms with E-state index < -0.39 is 48.5 Å². The van der Waals surface area contributed by atoms with Crippen LogP contribution in [0.3, 0.4) is 0 Å². The second-order valence-corrected chi connectivity index (χ2v) is 8.14. The minimum atomic E-state index is -1.21. The zero-order valence-corrected chi connectivity index (χ0v) is 17.3. The van der Waals surface area contributed by atoms with Crippen molar-refractivity contribution in [1.29, 1.82) is 0 Å². The van der Waals surface area contributed by atoms with E-state index in [0.29, 0.717) is 5.75 Å². The lowest BCUT2D eigenvalue weighted by Crippen LogP contribution is -2.70. The summed E-state index contributed by atoms with van der Waals surface area (Å²) < 4.78 is 4.92. The Labute approximate surface area is 178 Å². The molecule has 0 radical (unpaired) electrons. The number of thioether (sulfide) groups is 1. The number of rotatable bonds is 8. The van der Waals surface area contributed by atoms with Gasteiger partial charge in [-0.3, -0.25) is 14.5 Å². The minimum Gasteiger partial charge on any atom is -0.458 e. The number of ether oxygens (including phenoxy) is 1. The Morgan fingerprint density at radius 2 is 2.30 bits per heavy atom. The molecule has 2 aliphatic rings. The van der Waals surface area contributed by atoms with E-state index >= 15 is 0 Å². The Morgan fingerprint density at radius 3 is 2.93 bits per heavy atom. The number of amides is 2. The lowest BCUT2D eigenvalue weighted by atomic mass is 10.0. The number of nitrogen functional groups attached to an aromatic ring is 1. The Kier molecular flexibility index (Phi) is 6.91. The second kappa shape index (κ2) is 9.42. The van der Waals surface area contributed by atoms with Crippen LogP contribution in [0.5, 0.6) is 0 Å². The number of fused-ring (bicyclic) bond motifs is 1. The topological polar surface area (TPSA) is 177 Å². The van der Waals surface area contributed by atoms with E-state index in [0.717, 1.165) is 11.3 Å². The van der Waals surface area contributed by atoms with Crippen molar-refractivity contribution in [2.24, 2.45) is 5.16 Å². The van der Waals surface area contributed by atoms with Crippen LogP contribution < -0.4 is 11.1 Å². The van der Waals surface area contributed by atoms with Crippen molar-refractivity contribution in [1.82, 2.24) is 15.2 Å². The highest BCUT2D eigenvalue weighted by molar-refractivity contribution is 8.00. The van der Waals surface area contributed by atoms with Gasteiger partial charge in [0.05, 0.1) is 6.61 Å². The number of thiazole rings is 1. The maximum absolute atomic E-state index is 12.7. The van der Waals surface area contributed by atoms with Gasteiger partial charge in [0.1, 0.15) is 42.6 Å². The van der Waals surface area contributed by atoms with Gasteiger partial charge >= 0.3 is 5.97 Å². The zero-order valence-electron chi connectivity index (χ0n) is 15.7. The first-order valence-electron chi connectivity index (χ1n) is 8.61. The predicted molar refractivity (Wildman–Crippen MR) is 107 cm³/mol. The smallest absolute Gasteiger partial charge is 0.354 e. The van der Waals surface area contributed by atoms with Gasteiger partial charge in [0, 0.05) is 11.1 Å². The molecule has 30 heavy (non-hydrogen) atoms. The highest BCUT2D eigenvalue weighted by Gasteiger charge is 2.53. The van der Waals surface area contributed by atoms with Gasteiger partial charge in [-0.05, 0) is 6.08 Å². The Bertz CT molecular complexity index is 902. The van der Waals surface area contributed by atoms with Crippen LogP contribution in [0.25, 0.3) is 0 Å². The van der Waals surface area contributed by atoms with Crippen LogP contribution in [0.1, 0.15) is 5.69 Å². The Balaban J connectivity index is 1.67. The molecular weight excluding hydrogens is 438 g/mol. The molecule has 0 bridgehead atoms. The van der Waals surface area contributed by atoms with Crippen LogP contribution in [0, 0.1) is 0 Å². The molecule has 0 aromatic carbocycles. The summed E-state index contributed by atoms with van der Waals surface area (Å²) in [4.78, 5) is 47.4. The molecule has 2 aliphatic heterocycles. The first-order valence-corrected chi connectivity index (χ1v) is 10.5. The van der Waals surface area contributed by atoms with E-state index in [1.807, 2.05) is 0 Å². The largest absolute Gasteiger partial charge is 0.458 e. The highest BCUT2D eigenvalue weighted by Crippen LogP contribution is 2.37. The number of hydrogen-bond donors (Lipinski definition) is 4. The maximum atomic E-state index is 12.7. The standard InChI is InChI=1S/C16H19N5O7S2/c1-27-20-10(8-6-30-16(17)18-8)12(24)19-11-13(25)21-9(2-3-29-14(11)21)15(26)28-5-7(23)4-22/h2,6-7,11,14,22-23H,3-5H2,1H3,(H2,17,18)(H,19,24)/b20-10-/t7?,11?,14-/m1/s1. The van der Waals surface area contributed by atoms with Crippen LogP contribution in [-0.2, 0) is 24.0 Å². The predicted octanol–water partition coefficient (Wildman–Crippen LogP) is -1.74. The average Bonchev–Trinajstić information content (AvgIpc) is 3.18. The highest BCUT2D eigenvalue weighted by atomic mass is 32.2. The molecule has 0 saturated carbocycles. The number of carbonyl (C=O) groups excluding carboxylic acids is 3. The number of carbonyl (C=O) groups is 3. The van der Waals surface area contributed by atoms with Gasteiger partial charge in [0.25, 0.3) is 11.8 Å². The minimum absolute atomic E-state index is 0.0254. The number of nitrogens with one attached hydrogen (secondary N) is 1. The molecular formula is C16H19N5O7S2. The summed E-state index contributed by atoms with van der Waals surface area (Å²) in [5, 5.41) is 25.6. The third-order valence-electron chi connectivity index (χ3n) is 4.12. The Hall–Kier alpha value is -2.68. The lowest BCUT2D eigenvalue weighted by molar-refractivity contribution is -0.154. The van der Waals surface area contributed by atoms with Crippen molar-refractivity contribution in [3.05, 3.63) is 22.8 Å². The van der Waals surface area contributed by atoms with Crippen molar-refractivity contribution in [3.63, 3.8) is 0 Å². The summed E-state index contributed by atoms with van der Waals surface area (Å²) in [6, 6.07) is -0.889. The molecule has 0 aliphatic carbocycles. The normalized spacial score (nSPS) is 21.8. The van der Waals surface area contributed by atoms with Crippen LogP contribution in [0.2, 0.25) is 0 Å². The van der Waals surface area contributed by atoms with E-state index in [2.05, 4.69) is 15.5 Å². The zero-order chi connectivity index (χ0) is 21.8. The van der Waals surface area contributed by atoms with E-state index in [-0.39, 0.29) is 22.2 Å². The SMILES string of the molecule is CO/N=C(\C(=O)NC1C(=O)N2C(C(=O)OCC(O)CO)=CCS[C@H]12)c1csc(N)n1. The van der Waals surface area contributed by atoms with E-state index in [4.69, 9.17) is 20.4 Å². The van der Waals surface area contributed by atoms with Crippen molar-refractivity contribution < 1.29 is 34.2 Å². The van der Waals surface area contributed by atoms with Gasteiger partial charge in [-0.1, -0.05) is 5.16 Å².